The number of hydrogen-bond donors (Lipinski definition) is 0. The number of rotatable bonds is 4. The standard InChI is InChI=1S/C15H13ClO2S/c1-18-13-9-10(16)7-8-11(13)15(17)12-5-3-4-6-14(12)19-2/h3-9H,1-2H3. The lowest BCUT2D eigenvalue weighted by Crippen LogP contribution is -2.05. The Morgan fingerprint density at radius 2 is 1.89 bits per heavy atom. The third-order valence-electron chi connectivity index (χ3n) is 2.76. The van der Waals surface area contributed by atoms with Crippen LogP contribution in [0.2, 0.25) is 5.02 Å². The van der Waals surface area contributed by atoms with E-state index < -0.39 is 0 Å². The van der Waals surface area contributed by atoms with Crippen molar-refractivity contribution in [3.63, 3.8) is 0 Å². The van der Waals surface area contributed by atoms with Gasteiger partial charge in [0.15, 0.2) is 5.78 Å². The van der Waals surface area contributed by atoms with Crippen LogP contribution in [0, 0.1) is 0 Å². The van der Waals surface area contributed by atoms with Crippen LogP contribution in [0.4, 0.5) is 0 Å². The van der Waals surface area contributed by atoms with Gasteiger partial charge in [0.2, 0.25) is 0 Å². The zero-order valence-corrected chi connectivity index (χ0v) is 12.2. The van der Waals surface area contributed by atoms with Gasteiger partial charge in [0.25, 0.3) is 0 Å². The van der Waals surface area contributed by atoms with Crippen LogP contribution in [0.1, 0.15) is 15.9 Å². The molecule has 2 aromatic carbocycles. The summed E-state index contributed by atoms with van der Waals surface area (Å²) in [6, 6.07) is 12.6. The van der Waals surface area contributed by atoms with Gasteiger partial charge in [0.05, 0.1) is 12.7 Å². The quantitative estimate of drug-likeness (QED) is 0.621. The molecule has 2 nitrogen and oxygen atoms in total. The number of hydrogen-bond acceptors (Lipinski definition) is 3. The third-order valence-corrected chi connectivity index (χ3v) is 3.79. The van der Waals surface area contributed by atoms with Crippen LogP contribution < -0.4 is 4.74 Å². The predicted octanol–water partition coefficient (Wildman–Crippen LogP) is 4.30. The lowest BCUT2D eigenvalue weighted by atomic mass is 10.0. The van der Waals surface area contributed by atoms with Gasteiger partial charge in [-0.25, -0.2) is 0 Å². The van der Waals surface area contributed by atoms with Crippen molar-refractivity contribution in [1.82, 2.24) is 0 Å². The summed E-state index contributed by atoms with van der Waals surface area (Å²) in [4.78, 5) is 13.5. The van der Waals surface area contributed by atoms with Crippen molar-refractivity contribution in [2.45, 2.75) is 4.90 Å². The molecule has 0 saturated heterocycles. The lowest BCUT2D eigenvalue weighted by Gasteiger charge is -2.10. The zero-order chi connectivity index (χ0) is 13.8. The molecule has 0 atom stereocenters. The smallest absolute Gasteiger partial charge is 0.197 e. The second kappa shape index (κ2) is 6.13. The van der Waals surface area contributed by atoms with Crippen molar-refractivity contribution in [1.29, 1.82) is 0 Å². The molecule has 0 radical (unpaired) electrons. The molecule has 0 aliphatic rings. The van der Waals surface area contributed by atoms with Crippen LogP contribution in [-0.4, -0.2) is 19.1 Å². The van der Waals surface area contributed by atoms with Gasteiger partial charge in [0, 0.05) is 15.5 Å². The molecule has 0 fully saturated rings. The minimum atomic E-state index is -0.0570. The van der Waals surface area contributed by atoms with E-state index >= 15 is 0 Å². The average Bonchev–Trinajstić information content (AvgIpc) is 2.46. The summed E-state index contributed by atoms with van der Waals surface area (Å²) >= 11 is 7.46. The number of halogens is 1. The lowest BCUT2D eigenvalue weighted by molar-refractivity contribution is 0.103. The molecule has 0 aliphatic heterocycles. The minimum Gasteiger partial charge on any atom is -0.496 e. The molecule has 0 aromatic heterocycles. The van der Waals surface area contributed by atoms with Crippen molar-refractivity contribution in [3.8, 4) is 5.75 Å². The molecule has 0 heterocycles. The Hall–Kier alpha value is -1.45. The molecule has 2 aromatic rings. The fourth-order valence-corrected chi connectivity index (χ4v) is 2.59. The molecule has 98 valence electrons. The third kappa shape index (κ3) is 2.94. The van der Waals surface area contributed by atoms with Gasteiger partial charge in [0.1, 0.15) is 5.75 Å². The van der Waals surface area contributed by atoms with Gasteiger partial charge in [-0.2, -0.15) is 0 Å². The zero-order valence-electron chi connectivity index (χ0n) is 10.6. The summed E-state index contributed by atoms with van der Waals surface area (Å²) in [6.07, 6.45) is 1.95. The monoisotopic (exact) mass is 292 g/mol. The summed E-state index contributed by atoms with van der Waals surface area (Å²) in [7, 11) is 1.53. The van der Waals surface area contributed by atoms with Crippen LogP contribution in [0.3, 0.4) is 0 Å². The number of ether oxygens (including phenoxy) is 1. The van der Waals surface area contributed by atoms with Gasteiger partial charge in [-0.15, -0.1) is 11.8 Å². The molecule has 0 bridgehead atoms. The summed E-state index contributed by atoms with van der Waals surface area (Å²) in [5, 5.41) is 0.548. The van der Waals surface area contributed by atoms with E-state index in [-0.39, 0.29) is 5.78 Å². The van der Waals surface area contributed by atoms with Crippen molar-refractivity contribution < 1.29 is 9.53 Å². The maximum atomic E-state index is 12.6. The van der Waals surface area contributed by atoms with Gasteiger partial charge in [-0.05, 0) is 36.6 Å². The van der Waals surface area contributed by atoms with Gasteiger partial charge in [-0.3, -0.25) is 4.79 Å². The Kier molecular flexibility index (Phi) is 4.51. The number of thioether (sulfide) groups is 1. The normalized spacial score (nSPS) is 10.3. The highest BCUT2D eigenvalue weighted by Crippen LogP contribution is 2.28. The number of carbonyl (C=O) groups excluding carboxylic acids is 1. The van der Waals surface area contributed by atoms with Gasteiger partial charge >= 0.3 is 0 Å². The largest absolute Gasteiger partial charge is 0.496 e. The number of ketones is 1. The fraction of sp³-hybridized carbons (Fsp3) is 0.133. The number of benzene rings is 2. The molecule has 19 heavy (non-hydrogen) atoms. The van der Waals surface area contributed by atoms with E-state index in [4.69, 9.17) is 16.3 Å². The summed E-state index contributed by atoms with van der Waals surface area (Å²) in [5.41, 5.74) is 1.20. The number of carbonyl (C=O) groups is 1. The second-order valence-corrected chi connectivity index (χ2v) is 5.16. The summed E-state index contributed by atoms with van der Waals surface area (Å²) in [5.74, 6) is 0.437. The molecule has 0 unspecified atom stereocenters. The highest BCUT2D eigenvalue weighted by Gasteiger charge is 2.17. The van der Waals surface area contributed by atoms with Crippen molar-refractivity contribution >= 4 is 29.1 Å². The first-order chi connectivity index (χ1) is 9.17. The maximum absolute atomic E-state index is 12.6. The van der Waals surface area contributed by atoms with E-state index in [1.54, 1.807) is 30.0 Å². The first-order valence-corrected chi connectivity index (χ1v) is 7.29. The number of methoxy groups -OCH3 is 1. The summed E-state index contributed by atoms with van der Waals surface area (Å²) in [6.45, 7) is 0. The second-order valence-electron chi connectivity index (χ2n) is 3.87. The highest BCUT2D eigenvalue weighted by molar-refractivity contribution is 7.98. The molecular formula is C15H13ClO2S. The van der Waals surface area contributed by atoms with E-state index in [1.165, 1.54) is 7.11 Å². The molecule has 0 amide bonds. The molecular weight excluding hydrogens is 280 g/mol. The van der Waals surface area contributed by atoms with Gasteiger partial charge < -0.3 is 4.74 Å². The fourth-order valence-electron chi connectivity index (χ4n) is 1.83. The van der Waals surface area contributed by atoms with Crippen LogP contribution in [0.15, 0.2) is 47.4 Å². The van der Waals surface area contributed by atoms with Crippen molar-refractivity contribution in [2.75, 3.05) is 13.4 Å². The molecule has 0 N–H and O–H groups in total. The predicted molar refractivity (Wildman–Crippen MR) is 79.7 cm³/mol. The Morgan fingerprint density at radius 1 is 1.16 bits per heavy atom. The van der Waals surface area contributed by atoms with Crippen molar-refractivity contribution in [2.24, 2.45) is 0 Å². The van der Waals surface area contributed by atoms with Crippen LogP contribution >= 0.6 is 23.4 Å². The van der Waals surface area contributed by atoms with Gasteiger partial charge in [-0.1, -0.05) is 23.7 Å². The average molecular weight is 293 g/mol. The SMILES string of the molecule is COc1cc(Cl)ccc1C(=O)c1ccccc1SC. The Morgan fingerprint density at radius 3 is 2.58 bits per heavy atom. The van der Waals surface area contributed by atoms with Crippen LogP contribution in [0.5, 0.6) is 5.75 Å². The van der Waals surface area contributed by atoms with E-state index in [0.29, 0.717) is 21.9 Å². The molecule has 2 rings (SSSR count). The summed E-state index contributed by atoms with van der Waals surface area (Å²) < 4.78 is 5.23. The Labute approximate surface area is 121 Å². The molecule has 0 spiro atoms. The first-order valence-electron chi connectivity index (χ1n) is 5.68. The first kappa shape index (κ1) is 14.0. The highest BCUT2D eigenvalue weighted by atomic mass is 35.5. The molecule has 0 saturated carbocycles. The van der Waals surface area contributed by atoms with Crippen molar-refractivity contribution in [3.05, 3.63) is 58.6 Å². The molecule has 0 aliphatic carbocycles. The van der Waals surface area contributed by atoms with E-state index in [2.05, 4.69) is 0 Å². The van der Waals surface area contributed by atoms with Crippen LogP contribution in [-0.2, 0) is 0 Å². The van der Waals surface area contributed by atoms with E-state index in [1.807, 2.05) is 30.5 Å². The minimum absolute atomic E-state index is 0.0570. The molecule has 4 heteroatoms. The van der Waals surface area contributed by atoms with E-state index in [9.17, 15) is 4.79 Å². The van der Waals surface area contributed by atoms with Crippen LogP contribution in [0.25, 0.3) is 0 Å². The van der Waals surface area contributed by atoms with E-state index in [0.717, 1.165) is 4.90 Å². The maximum Gasteiger partial charge on any atom is 0.197 e. The topological polar surface area (TPSA) is 26.3 Å². The Balaban J connectivity index is 2.50. The Bertz CT molecular complexity index is 611.